The predicted molar refractivity (Wildman–Crippen MR) is 104 cm³/mol. The zero-order valence-corrected chi connectivity index (χ0v) is 16.2. The van der Waals surface area contributed by atoms with Gasteiger partial charge in [-0.1, -0.05) is 30.3 Å². The van der Waals surface area contributed by atoms with Crippen LogP contribution in [0.5, 0.6) is 0 Å². The fourth-order valence-electron chi connectivity index (χ4n) is 4.63. The summed E-state index contributed by atoms with van der Waals surface area (Å²) in [6, 6.07) is 11.3. The van der Waals surface area contributed by atoms with Gasteiger partial charge in [-0.05, 0) is 31.2 Å². The van der Waals surface area contributed by atoms with Crippen molar-refractivity contribution in [2.24, 2.45) is 5.92 Å². The van der Waals surface area contributed by atoms with Crippen molar-refractivity contribution in [3.8, 4) is 0 Å². The summed E-state index contributed by atoms with van der Waals surface area (Å²) in [6.07, 6.45) is 1.81. The summed E-state index contributed by atoms with van der Waals surface area (Å²) in [5.74, 6) is 0.769. The van der Waals surface area contributed by atoms with Crippen molar-refractivity contribution < 1.29 is 14.6 Å². The molecule has 0 radical (unpaired) electrons. The monoisotopic (exact) mass is 373 g/mol. The van der Waals surface area contributed by atoms with Crippen molar-refractivity contribution >= 4 is 6.09 Å². The smallest absolute Gasteiger partial charge is 0.407 e. The third-order valence-corrected chi connectivity index (χ3v) is 6.32. The highest BCUT2D eigenvalue weighted by Crippen LogP contribution is 2.37. The standard InChI is InChI=1S/C21H31N3O3/c1-16-11-23(12-17-5-3-2-4-6-17)19(14-24(16)21(25)26)13-22-9-10-27-15-20(22)18-7-8-18/h2-6,16,18-20H,7-15H2,1H3,(H,25,26)/t16-,19+,20?/m1/s1. The van der Waals surface area contributed by atoms with Gasteiger partial charge < -0.3 is 14.7 Å². The molecule has 1 saturated carbocycles. The van der Waals surface area contributed by atoms with Crippen LogP contribution in [0.3, 0.4) is 0 Å². The Morgan fingerprint density at radius 3 is 2.67 bits per heavy atom. The number of amides is 1. The first-order chi connectivity index (χ1) is 13.1. The van der Waals surface area contributed by atoms with Gasteiger partial charge in [0.25, 0.3) is 0 Å². The molecule has 3 aliphatic rings. The van der Waals surface area contributed by atoms with E-state index in [1.165, 1.54) is 18.4 Å². The largest absolute Gasteiger partial charge is 0.465 e. The third kappa shape index (κ3) is 4.45. The van der Waals surface area contributed by atoms with Crippen molar-refractivity contribution in [3.05, 3.63) is 35.9 Å². The number of ether oxygens (including phenoxy) is 1. The van der Waals surface area contributed by atoms with Crippen LogP contribution in [0.15, 0.2) is 30.3 Å². The molecule has 27 heavy (non-hydrogen) atoms. The fraction of sp³-hybridized carbons (Fsp3) is 0.667. The summed E-state index contributed by atoms with van der Waals surface area (Å²) in [4.78, 5) is 18.4. The van der Waals surface area contributed by atoms with Crippen LogP contribution in [0.1, 0.15) is 25.3 Å². The van der Waals surface area contributed by atoms with E-state index >= 15 is 0 Å². The molecule has 2 heterocycles. The summed E-state index contributed by atoms with van der Waals surface area (Å²) in [7, 11) is 0. The van der Waals surface area contributed by atoms with Gasteiger partial charge in [-0.15, -0.1) is 0 Å². The van der Waals surface area contributed by atoms with Crippen molar-refractivity contribution in [3.63, 3.8) is 0 Å². The Hall–Kier alpha value is -1.63. The topological polar surface area (TPSA) is 56.2 Å². The van der Waals surface area contributed by atoms with E-state index in [0.717, 1.165) is 45.3 Å². The average Bonchev–Trinajstić information content (AvgIpc) is 3.50. The first-order valence-corrected chi connectivity index (χ1v) is 10.2. The van der Waals surface area contributed by atoms with Crippen LogP contribution in [-0.2, 0) is 11.3 Å². The molecule has 0 bridgehead atoms. The van der Waals surface area contributed by atoms with E-state index in [1.807, 2.05) is 13.0 Å². The highest BCUT2D eigenvalue weighted by molar-refractivity contribution is 5.65. The Balaban J connectivity index is 1.49. The maximum absolute atomic E-state index is 11.7. The third-order valence-electron chi connectivity index (χ3n) is 6.32. The highest BCUT2D eigenvalue weighted by atomic mass is 16.5. The van der Waals surface area contributed by atoms with Crippen molar-refractivity contribution in [1.29, 1.82) is 0 Å². The van der Waals surface area contributed by atoms with Gasteiger partial charge in [0.05, 0.1) is 13.2 Å². The molecule has 6 heteroatoms. The van der Waals surface area contributed by atoms with Crippen LogP contribution in [0.4, 0.5) is 4.79 Å². The quantitative estimate of drug-likeness (QED) is 0.859. The van der Waals surface area contributed by atoms with E-state index in [0.29, 0.717) is 12.6 Å². The summed E-state index contributed by atoms with van der Waals surface area (Å²) in [5, 5.41) is 9.63. The summed E-state index contributed by atoms with van der Waals surface area (Å²) in [6.45, 7) is 7.75. The van der Waals surface area contributed by atoms with Crippen LogP contribution < -0.4 is 0 Å². The molecule has 1 amide bonds. The molecule has 1 unspecified atom stereocenters. The van der Waals surface area contributed by atoms with Gasteiger partial charge in [-0.25, -0.2) is 4.79 Å². The molecule has 1 aliphatic carbocycles. The lowest BCUT2D eigenvalue weighted by Gasteiger charge is -2.47. The Bertz CT molecular complexity index is 637. The molecule has 3 atom stereocenters. The molecular formula is C21H31N3O3. The van der Waals surface area contributed by atoms with E-state index in [9.17, 15) is 9.90 Å². The lowest BCUT2D eigenvalue weighted by Crippen LogP contribution is -2.62. The Morgan fingerprint density at radius 2 is 1.96 bits per heavy atom. The molecule has 2 aliphatic heterocycles. The van der Waals surface area contributed by atoms with Gasteiger partial charge in [0, 0.05) is 50.8 Å². The molecule has 2 saturated heterocycles. The second-order valence-electron chi connectivity index (χ2n) is 8.33. The van der Waals surface area contributed by atoms with E-state index in [1.54, 1.807) is 4.90 Å². The number of benzene rings is 1. The Morgan fingerprint density at radius 1 is 1.19 bits per heavy atom. The van der Waals surface area contributed by atoms with Gasteiger partial charge >= 0.3 is 6.09 Å². The van der Waals surface area contributed by atoms with Crippen molar-refractivity contribution in [2.75, 3.05) is 39.4 Å². The van der Waals surface area contributed by atoms with Crippen LogP contribution in [0.2, 0.25) is 0 Å². The zero-order chi connectivity index (χ0) is 18.8. The second kappa shape index (κ2) is 8.17. The summed E-state index contributed by atoms with van der Waals surface area (Å²) < 4.78 is 5.74. The number of morpholine rings is 1. The van der Waals surface area contributed by atoms with Crippen LogP contribution in [0.25, 0.3) is 0 Å². The molecule has 1 aromatic carbocycles. The average molecular weight is 373 g/mol. The Labute approximate surface area is 161 Å². The maximum atomic E-state index is 11.7. The summed E-state index contributed by atoms with van der Waals surface area (Å²) in [5.41, 5.74) is 1.29. The molecule has 1 N–H and O–H groups in total. The Kier molecular flexibility index (Phi) is 5.66. The minimum Gasteiger partial charge on any atom is -0.465 e. The first-order valence-electron chi connectivity index (χ1n) is 10.2. The van der Waals surface area contributed by atoms with E-state index in [2.05, 4.69) is 34.1 Å². The number of hydrogen-bond donors (Lipinski definition) is 1. The lowest BCUT2D eigenvalue weighted by molar-refractivity contribution is -0.0427. The SMILES string of the molecule is C[C@@H]1CN(Cc2ccccc2)[C@@H](CN2CCOCC2C2CC2)CN1C(=O)O. The number of piperazine rings is 1. The number of carboxylic acid groups (broad SMARTS) is 1. The first kappa shape index (κ1) is 18.7. The minimum atomic E-state index is -0.799. The maximum Gasteiger partial charge on any atom is 0.407 e. The van der Waals surface area contributed by atoms with Gasteiger partial charge in [-0.3, -0.25) is 9.80 Å². The minimum absolute atomic E-state index is 0.0198. The van der Waals surface area contributed by atoms with Crippen LogP contribution in [-0.4, -0.2) is 83.4 Å². The van der Waals surface area contributed by atoms with Crippen LogP contribution in [0, 0.1) is 5.92 Å². The lowest BCUT2D eigenvalue weighted by atomic mass is 10.0. The van der Waals surface area contributed by atoms with Gasteiger partial charge in [-0.2, -0.15) is 0 Å². The van der Waals surface area contributed by atoms with Crippen LogP contribution >= 0.6 is 0 Å². The van der Waals surface area contributed by atoms with E-state index in [4.69, 9.17) is 4.74 Å². The molecular weight excluding hydrogens is 342 g/mol. The molecule has 1 aromatic rings. The van der Waals surface area contributed by atoms with E-state index < -0.39 is 6.09 Å². The molecule has 6 nitrogen and oxygen atoms in total. The van der Waals surface area contributed by atoms with Crippen molar-refractivity contribution in [1.82, 2.24) is 14.7 Å². The zero-order valence-electron chi connectivity index (χ0n) is 16.2. The molecule has 3 fully saturated rings. The summed E-state index contributed by atoms with van der Waals surface area (Å²) >= 11 is 0. The van der Waals surface area contributed by atoms with Crippen molar-refractivity contribution in [2.45, 2.75) is 44.4 Å². The highest BCUT2D eigenvalue weighted by Gasteiger charge is 2.40. The second-order valence-corrected chi connectivity index (χ2v) is 8.33. The fourth-order valence-corrected chi connectivity index (χ4v) is 4.63. The predicted octanol–water partition coefficient (Wildman–Crippen LogP) is 2.35. The number of rotatable bonds is 5. The normalized spacial score (nSPS) is 30.4. The van der Waals surface area contributed by atoms with Gasteiger partial charge in [0.15, 0.2) is 0 Å². The number of hydrogen-bond acceptors (Lipinski definition) is 4. The molecule has 0 spiro atoms. The van der Waals surface area contributed by atoms with E-state index in [-0.39, 0.29) is 12.1 Å². The van der Waals surface area contributed by atoms with Gasteiger partial charge in [0.1, 0.15) is 0 Å². The number of carbonyl (C=O) groups is 1. The molecule has 0 aromatic heterocycles. The number of nitrogens with zero attached hydrogens (tertiary/aromatic N) is 3. The van der Waals surface area contributed by atoms with Gasteiger partial charge in [0.2, 0.25) is 0 Å². The molecule has 4 rings (SSSR count). The molecule has 148 valence electrons.